The van der Waals surface area contributed by atoms with Gasteiger partial charge in [-0.05, 0) is 54.8 Å². The number of methoxy groups -OCH3 is 1. The minimum absolute atomic E-state index is 0.425. The van der Waals surface area contributed by atoms with Gasteiger partial charge in [-0.3, -0.25) is 0 Å². The lowest BCUT2D eigenvalue weighted by atomic mass is 9.75. The fourth-order valence-corrected chi connectivity index (χ4v) is 3.60. The Bertz CT molecular complexity index is 427. The molecule has 112 valence electrons. The second-order valence-corrected chi connectivity index (χ2v) is 6.70. The second-order valence-electron chi connectivity index (χ2n) is 6.70. The van der Waals surface area contributed by atoms with Crippen molar-refractivity contribution in [2.75, 3.05) is 13.7 Å². The fourth-order valence-electron chi connectivity index (χ4n) is 3.60. The second kappa shape index (κ2) is 6.62. The highest BCUT2D eigenvalue weighted by molar-refractivity contribution is 5.31. The third-order valence-corrected chi connectivity index (χ3v) is 4.81. The zero-order valence-electron chi connectivity index (χ0n) is 13.4. The maximum absolute atomic E-state index is 5.40. The highest BCUT2D eigenvalue weighted by Crippen LogP contribution is 2.48. The zero-order chi connectivity index (χ0) is 14.6. The molecule has 0 radical (unpaired) electrons. The van der Waals surface area contributed by atoms with Crippen molar-refractivity contribution in [3.63, 3.8) is 0 Å². The Morgan fingerprint density at radius 1 is 1.40 bits per heavy atom. The van der Waals surface area contributed by atoms with Gasteiger partial charge in [0.25, 0.3) is 0 Å². The van der Waals surface area contributed by atoms with Crippen LogP contribution < -0.4 is 10.1 Å². The van der Waals surface area contributed by atoms with Gasteiger partial charge in [-0.1, -0.05) is 39.3 Å². The lowest BCUT2D eigenvalue weighted by Crippen LogP contribution is -2.34. The Kier molecular flexibility index (Phi) is 5.09. The molecule has 1 saturated carbocycles. The Labute approximate surface area is 123 Å². The topological polar surface area (TPSA) is 21.3 Å². The van der Waals surface area contributed by atoms with Crippen molar-refractivity contribution in [3.8, 4) is 5.75 Å². The molecule has 20 heavy (non-hydrogen) atoms. The first-order valence-corrected chi connectivity index (χ1v) is 7.96. The Morgan fingerprint density at radius 2 is 2.20 bits per heavy atom. The van der Waals surface area contributed by atoms with E-state index in [0.29, 0.717) is 17.4 Å². The van der Waals surface area contributed by atoms with Crippen molar-refractivity contribution in [3.05, 3.63) is 29.8 Å². The lowest BCUT2D eigenvalue weighted by molar-refractivity contribution is 0.197. The monoisotopic (exact) mass is 275 g/mol. The van der Waals surface area contributed by atoms with Crippen LogP contribution in [-0.2, 0) is 0 Å². The fraction of sp³-hybridized carbons (Fsp3) is 0.667. The first-order valence-electron chi connectivity index (χ1n) is 7.96. The maximum Gasteiger partial charge on any atom is 0.119 e. The molecule has 2 unspecified atom stereocenters. The molecule has 1 fully saturated rings. The van der Waals surface area contributed by atoms with E-state index in [0.717, 1.165) is 12.3 Å². The third kappa shape index (κ3) is 3.35. The van der Waals surface area contributed by atoms with E-state index in [-0.39, 0.29) is 0 Å². The summed E-state index contributed by atoms with van der Waals surface area (Å²) < 4.78 is 5.40. The van der Waals surface area contributed by atoms with Crippen LogP contribution in [0.5, 0.6) is 5.75 Å². The number of benzene rings is 1. The average molecular weight is 275 g/mol. The van der Waals surface area contributed by atoms with Crippen molar-refractivity contribution in [1.29, 1.82) is 0 Å². The summed E-state index contributed by atoms with van der Waals surface area (Å²) in [6.45, 7) is 8.15. The van der Waals surface area contributed by atoms with Gasteiger partial charge in [0.15, 0.2) is 0 Å². The molecular weight excluding hydrogens is 246 g/mol. The van der Waals surface area contributed by atoms with Gasteiger partial charge in [-0.25, -0.2) is 0 Å². The minimum atomic E-state index is 0.425. The molecule has 0 saturated heterocycles. The van der Waals surface area contributed by atoms with E-state index in [9.17, 15) is 0 Å². The number of rotatable bonds is 6. The predicted octanol–water partition coefficient (Wildman–Crippen LogP) is 4.56. The molecule has 0 bridgehead atoms. The van der Waals surface area contributed by atoms with Crippen LogP contribution in [0.15, 0.2) is 24.3 Å². The minimum Gasteiger partial charge on any atom is -0.497 e. The van der Waals surface area contributed by atoms with E-state index in [1.54, 1.807) is 7.11 Å². The van der Waals surface area contributed by atoms with Crippen LogP contribution in [0, 0.1) is 11.3 Å². The van der Waals surface area contributed by atoms with Crippen molar-refractivity contribution in [2.24, 2.45) is 11.3 Å². The molecule has 0 aliphatic heterocycles. The molecule has 2 heteroatoms. The molecule has 1 N–H and O–H groups in total. The number of hydrogen-bond donors (Lipinski definition) is 1. The number of hydrogen-bond acceptors (Lipinski definition) is 2. The summed E-state index contributed by atoms with van der Waals surface area (Å²) >= 11 is 0. The molecule has 1 aromatic carbocycles. The number of nitrogens with one attached hydrogen (secondary N) is 1. The highest BCUT2D eigenvalue weighted by atomic mass is 16.5. The van der Waals surface area contributed by atoms with Gasteiger partial charge in [-0.15, -0.1) is 0 Å². The van der Waals surface area contributed by atoms with E-state index < -0.39 is 0 Å². The van der Waals surface area contributed by atoms with Crippen LogP contribution in [0.2, 0.25) is 0 Å². The summed E-state index contributed by atoms with van der Waals surface area (Å²) in [7, 11) is 1.74. The quantitative estimate of drug-likeness (QED) is 0.821. The summed E-state index contributed by atoms with van der Waals surface area (Å²) in [5.74, 6) is 1.67. The number of ether oxygens (including phenoxy) is 1. The molecule has 0 amide bonds. The normalized spacial score (nSPS) is 22.7. The van der Waals surface area contributed by atoms with Crippen LogP contribution in [0.1, 0.15) is 58.1 Å². The van der Waals surface area contributed by atoms with Gasteiger partial charge in [0.05, 0.1) is 7.11 Å². The largest absolute Gasteiger partial charge is 0.497 e. The van der Waals surface area contributed by atoms with E-state index in [1.807, 2.05) is 6.07 Å². The Morgan fingerprint density at radius 3 is 2.80 bits per heavy atom. The summed E-state index contributed by atoms with van der Waals surface area (Å²) in [6, 6.07) is 9.02. The summed E-state index contributed by atoms with van der Waals surface area (Å²) in [5.41, 5.74) is 1.80. The van der Waals surface area contributed by atoms with Gasteiger partial charge in [0.2, 0.25) is 0 Å². The molecule has 2 rings (SSSR count). The van der Waals surface area contributed by atoms with E-state index in [4.69, 9.17) is 4.74 Å². The summed E-state index contributed by atoms with van der Waals surface area (Å²) in [5, 5.41) is 3.78. The molecule has 1 aromatic rings. The van der Waals surface area contributed by atoms with Crippen molar-refractivity contribution in [1.82, 2.24) is 5.32 Å². The van der Waals surface area contributed by atoms with Crippen LogP contribution >= 0.6 is 0 Å². The van der Waals surface area contributed by atoms with Crippen LogP contribution in [0.25, 0.3) is 0 Å². The van der Waals surface area contributed by atoms with E-state index >= 15 is 0 Å². The first kappa shape index (κ1) is 15.4. The molecule has 1 aliphatic rings. The average Bonchev–Trinajstić information content (AvgIpc) is 2.79. The van der Waals surface area contributed by atoms with E-state index in [2.05, 4.69) is 44.3 Å². The van der Waals surface area contributed by atoms with Crippen molar-refractivity contribution < 1.29 is 4.74 Å². The highest BCUT2D eigenvalue weighted by Gasteiger charge is 2.39. The van der Waals surface area contributed by atoms with Crippen LogP contribution in [0.3, 0.4) is 0 Å². The van der Waals surface area contributed by atoms with Gasteiger partial charge in [0, 0.05) is 6.04 Å². The zero-order valence-corrected chi connectivity index (χ0v) is 13.4. The molecular formula is C18H29NO. The van der Waals surface area contributed by atoms with Gasteiger partial charge < -0.3 is 10.1 Å². The van der Waals surface area contributed by atoms with Crippen molar-refractivity contribution >= 4 is 0 Å². The molecule has 1 aliphatic carbocycles. The van der Waals surface area contributed by atoms with Gasteiger partial charge >= 0.3 is 0 Å². The summed E-state index contributed by atoms with van der Waals surface area (Å²) in [6.07, 6.45) is 5.19. The molecule has 0 aromatic heterocycles. The van der Waals surface area contributed by atoms with Crippen LogP contribution in [-0.4, -0.2) is 13.7 Å². The van der Waals surface area contributed by atoms with Gasteiger partial charge in [-0.2, -0.15) is 0 Å². The molecule has 0 spiro atoms. The first-order chi connectivity index (χ1) is 9.58. The van der Waals surface area contributed by atoms with Gasteiger partial charge in [0.1, 0.15) is 5.75 Å². The molecule has 0 heterocycles. The Balaban J connectivity index is 2.26. The molecule has 2 nitrogen and oxygen atoms in total. The molecule has 2 atom stereocenters. The van der Waals surface area contributed by atoms with Crippen LogP contribution in [0.4, 0.5) is 0 Å². The lowest BCUT2D eigenvalue weighted by Gasteiger charge is -2.35. The van der Waals surface area contributed by atoms with E-state index in [1.165, 1.54) is 31.2 Å². The summed E-state index contributed by atoms with van der Waals surface area (Å²) in [4.78, 5) is 0. The smallest absolute Gasteiger partial charge is 0.119 e. The standard InChI is InChI=1S/C18H29NO/c1-5-12-19-17(16-10-7-11-18(16,2)3)14-8-6-9-15(13-14)20-4/h6,8-9,13,16-17,19H,5,7,10-12H2,1-4H3. The third-order valence-electron chi connectivity index (χ3n) is 4.81. The maximum atomic E-state index is 5.40. The predicted molar refractivity (Wildman–Crippen MR) is 85.2 cm³/mol. The van der Waals surface area contributed by atoms with Crippen molar-refractivity contribution in [2.45, 2.75) is 52.5 Å². The SMILES string of the molecule is CCCNC(c1cccc(OC)c1)C1CCCC1(C)C. The Hall–Kier alpha value is -1.02.